The second-order valence-corrected chi connectivity index (χ2v) is 4.91. The average Bonchev–Trinajstić information content (AvgIpc) is 2.37. The van der Waals surface area contributed by atoms with Gasteiger partial charge in [0, 0.05) is 25.8 Å². The Labute approximate surface area is 114 Å². The highest BCUT2D eigenvalue weighted by Gasteiger charge is 2.30. The number of hydrogen-bond donors (Lipinski definition) is 2. The van der Waals surface area contributed by atoms with Gasteiger partial charge in [-0.15, -0.1) is 0 Å². The number of nitrogens with zero attached hydrogens (tertiary/aromatic N) is 1. The topological polar surface area (TPSA) is 67.6 Å². The predicted octanol–water partition coefficient (Wildman–Crippen LogP) is 0.985. The second kappa shape index (κ2) is 6.43. The average molecular weight is 265 g/mol. The molecule has 1 amide bonds. The zero-order valence-corrected chi connectivity index (χ0v) is 12.1. The summed E-state index contributed by atoms with van der Waals surface area (Å²) < 4.78 is 5.69. The van der Waals surface area contributed by atoms with E-state index in [0.717, 1.165) is 11.4 Å². The van der Waals surface area contributed by atoms with Crippen molar-refractivity contribution in [3.05, 3.63) is 24.3 Å². The van der Waals surface area contributed by atoms with Gasteiger partial charge in [0.2, 0.25) is 5.91 Å². The molecule has 0 aromatic heterocycles. The van der Waals surface area contributed by atoms with Gasteiger partial charge in [-0.05, 0) is 25.6 Å². The number of hydrogen-bond acceptors (Lipinski definition) is 4. The molecule has 1 atom stereocenters. The fourth-order valence-corrected chi connectivity index (χ4v) is 1.68. The van der Waals surface area contributed by atoms with Crippen LogP contribution >= 0.6 is 0 Å². The number of anilines is 1. The molecule has 5 heteroatoms. The minimum Gasteiger partial charge on any atom is -0.491 e. The van der Waals surface area contributed by atoms with Crippen LogP contribution in [0, 0.1) is 0 Å². The number of carbonyl (C=O) groups excluding carboxylic acids is 1. The first kappa shape index (κ1) is 15.3. The van der Waals surface area contributed by atoms with E-state index in [0.29, 0.717) is 6.54 Å². The minimum atomic E-state index is -0.858. The molecule has 106 valence electrons. The Bertz CT molecular complexity index is 434. The molecular formula is C14H23N3O2. The number of primary amides is 1. The Morgan fingerprint density at radius 3 is 2.68 bits per heavy atom. The number of ether oxygens (including phenoxy) is 1. The second-order valence-electron chi connectivity index (χ2n) is 4.91. The van der Waals surface area contributed by atoms with Crippen molar-refractivity contribution in [2.45, 2.75) is 19.4 Å². The number of benzene rings is 1. The van der Waals surface area contributed by atoms with E-state index in [9.17, 15) is 4.79 Å². The van der Waals surface area contributed by atoms with E-state index in [1.165, 1.54) is 0 Å². The number of carbonyl (C=O) groups is 1. The van der Waals surface area contributed by atoms with Gasteiger partial charge in [-0.1, -0.05) is 13.0 Å². The van der Waals surface area contributed by atoms with E-state index in [1.807, 2.05) is 50.2 Å². The Morgan fingerprint density at radius 1 is 1.47 bits per heavy atom. The fourth-order valence-electron chi connectivity index (χ4n) is 1.68. The van der Waals surface area contributed by atoms with E-state index < -0.39 is 11.4 Å². The third-order valence-electron chi connectivity index (χ3n) is 2.97. The van der Waals surface area contributed by atoms with Gasteiger partial charge in [-0.3, -0.25) is 4.79 Å². The summed E-state index contributed by atoms with van der Waals surface area (Å²) >= 11 is 0. The number of likely N-dealkylation sites (N-methyl/N-ethyl adjacent to an activating group) is 1. The summed E-state index contributed by atoms with van der Waals surface area (Å²) in [6.07, 6.45) is 0. The lowest BCUT2D eigenvalue weighted by Crippen LogP contribution is -2.57. The van der Waals surface area contributed by atoms with E-state index in [1.54, 1.807) is 6.92 Å². The number of nitrogens with one attached hydrogen (secondary N) is 1. The first-order valence-electron chi connectivity index (χ1n) is 6.34. The van der Waals surface area contributed by atoms with Crippen molar-refractivity contribution in [3.8, 4) is 5.75 Å². The summed E-state index contributed by atoms with van der Waals surface area (Å²) in [5.41, 5.74) is 5.59. The molecule has 1 unspecified atom stereocenters. The van der Waals surface area contributed by atoms with Crippen LogP contribution in [-0.2, 0) is 4.79 Å². The Morgan fingerprint density at radius 2 is 2.16 bits per heavy atom. The van der Waals surface area contributed by atoms with E-state index >= 15 is 0 Å². The highest BCUT2D eigenvalue weighted by atomic mass is 16.5. The predicted molar refractivity (Wildman–Crippen MR) is 77.5 cm³/mol. The molecule has 0 spiro atoms. The molecule has 5 nitrogen and oxygen atoms in total. The molecule has 0 saturated heterocycles. The molecule has 0 aliphatic rings. The zero-order chi connectivity index (χ0) is 14.5. The van der Waals surface area contributed by atoms with Crippen LogP contribution in [0.4, 0.5) is 5.69 Å². The Kier molecular flexibility index (Phi) is 5.18. The van der Waals surface area contributed by atoms with Crippen LogP contribution in [0.15, 0.2) is 24.3 Å². The first-order chi connectivity index (χ1) is 8.89. The molecule has 0 fully saturated rings. The van der Waals surface area contributed by atoms with Gasteiger partial charge in [0.05, 0.1) is 0 Å². The van der Waals surface area contributed by atoms with Gasteiger partial charge in [0.1, 0.15) is 17.9 Å². The molecule has 19 heavy (non-hydrogen) atoms. The molecule has 3 N–H and O–H groups in total. The van der Waals surface area contributed by atoms with Gasteiger partial charge in [0.25, 0.3) is 0 Å². The van der Waals surface area contributed by atoms with Gasteiger partial charge in [0.15, 0.2) is 0 Å². The van der Waals surface area contributed by atoms with Crippen LogP contribution < -0.4 is 20.7 Å². The summed E-state index contributed by atoms with van der Waals surface area (Å²) in [7, 11) is 3.93. The minimum absolute atomic E-state index is 0.201. The third-order valence-corrected chi connectivity index (χ3v) is 2.97. The number of rotatable bonds is 7. The smallest absolute Gasteiger partial charge is 0.240 e. The number of nitrogens with two attached hydrogens (primary N) is 1. The normalized spacial score (nSPS) is 13.7. The molecule has 0 bridgehead atoms. The summed E-state index contributed by atoms with van der Waals surface area (Å²) in [5.74, 6) is 0.301. The summed E-state index contributed by atoms with van der Waals surface area (Å²) in [4.78, 5) is 13.5. The molecular weight excluding hydrogens is 242 g/mol. The van der Waals surface area contributed by atoms with E-state index in [2.05, 4.69) is 5.32 Å². The van der Waals surface area contributed by atoms with Crippen molar-refractivity contribution in [2.24, 2.45) is 5.73 Å². The molecule has 0 aliphatic carbocycles. The maximum atomic E-state index is 11.5. The van der Waals surface area contributed by atoms with Gasteiger partial charge < -0.3 is 20.7 Å². The highest BCUT2D eigenvalue weighted by Crippen LogP contribution is 2.20. The van der Waals surface area contributed by atoms with Crippen LogP contribution in [0.25, 0.3) is 0 Å². The molecule has 0 radical (unpaired) electrons. The van der Waals surface area contributed by atoms with E-state index in [4.69, 9.17) is 10.5 Å². The lowest BCUT2D eigenvalue weighted by Gasteiger charge is -2.27. The summed E-state index contributed by atoms with van der Waals surface area (Å²) in [6, 6.07) is 7.69. The maximum absolute atomic E-state index is 11.5. The lowest BCUT2D eigenvalue weighted by molar-refractivity contribution is -0.124. The summed E-state index contributed by atoms with van der Waals surface area (Å²) in [6.45, 7) is 4.52. The molecule has 0 saturated carbocycles. The maximum Gasteiger partial charge on any atom is 0.240 e. The van der Waals surface area contributed by atoms with Crippen LogP contribution in [0.3, 0.4) is 0 Å². The monoisotopic (exact) mass is 265 g/mol. The third kappa shape index (κ3) is 4.13. The molecule has 0 heterocycles. The molecule has 1 aromatic carbocycles. The van der Waals surface area contributed by atoms with Crippen molar-refractivity contribution < 1.29 is 9.53 Å². The quantitative estimate of drug-likeness (QED) is 0.771. The Balaban J connectivity index is 2.74. The van der Waals surface area contributed by atoms with Crippen molar-refractivity contribution in [1.82, 2.24) is 5.32 Å². The highest BCUT2D eigenvalue weighted by molar-refractivity contribution is 5.84. The van der Waals surface area contributed by atoms with Crippen molar-refractivity contribution >= 4 is 11.6 Å². The van der Waals surface area contributed by atoms with Crippen LogP contribution in [0.1, 0.15) is 13.8 Å². The van der Waals surface area contributed by atoms with Crippen LogP contribution in [-0.4, -0.2) is 38.7 Å². The first-order valence-corrected chi connectivity index (χ1v) is 6.34. The van der Waals surface area contributed by atoms with Gasteiger partial charge >= 0.3 is 0 Å². The zero-order valence-electron chi connectivity index (χ0n) is 12.1. The lowest BCUT2D eigenvalue weighted by atomic mass is 10.0. The summed E-state index contributed by atoms with van der Waals surface area (Å²) in [5, 5.41) is 3.06. The van der Waals surface area contributed by atoms with Crippen LogP contribution in [0.2, 0.25) is 0 Å². The van der Waals surface area contributed by atoms with Crippen molar-refractivity contribution in [1.29, 1.82) is 0 Å². The molecule has 1 rings (SSSR count). The standard InChI is InChI=1S/C14H23N3O2/c1-5-16-14(2,13(15)18)10-19-12-8-6-7-11(9-12)17(3)4/h6-9,16H,5,10H2,1-4H3,(H2,15,18). The van der Waals surface area contributed by atoms with Crippen molar-refractivity contribution in [3.63, 3.8) is 0 Å². The van der Waals surface area contributed by atoms with Crippen LogP contribution in [0.5, 0.6) is 5.75 Å². The molecule has 1 aromatic rings. The van der Waals surface area contributed by atoms with Crippen molar-refractivity contribution in [2.75, 3.05) is 32.1 Å². The fraction of sp³-hybridized carbons (Fsp3) is 0.500. The largest absolute Gasteiger partial charge is 0.491 e. The SMILES string of the molecule is CCNC(C)(COc1cccc(N(C)C)c1)C(N)=O. The number of amides is 1. The van der Waals surface area contributed by atoms with Gasteiger partial charge in [-0.2, -0.15) is 0 Å². The van der Waals surface area contributed by atoms with E-state index in [-0.39, 0.29) is 6.61 Å². The van der Waals surface area contributed by atoms with Gasteiger partial charge in [-0.25, -0.2) is 0 Å². The molecule has 0 aliphatic heterocycles. The Hall–Kier alpha value is -1.75.